The Balaban J connectivity index is 1.91. The number of amides is 1. The number of hydrogen-bond acceptors (Lipinski definition) is 4. The smallest absolute Gasteiger partial charge is 0.260 e. The van der Waals surface area contributed by atoms with E-state index in [4.69, 9.17) is 4.74 Å². The van der Waals surface area contributed by atoms with E-state index in [0.29, 0.717) is 18.7 Å². The van der Waals surface area contributed by atoms with Crippen molar-refractivity contribution in [3.63, 3.8) is 0 Å². The van der Waals surface area contributed by atoms with Gasteiger partial charge >= 0.3 is 0 Å². The van der Waals surface area contributed by atoms with E-state index in [9.17, 15) is 13.2 Å². The molecule has 1 atom stereocenters. The topological polar surface area (TPSA) is 84.5 Å². The molecule has 27 heavy (non-hydrogen) atoms. The van der Waals surface area contributed by atoms with Crippen molar-refractivity contribution in [2.45, 2.75) is 44.2 Å². The van der Waals surface area contributed by atoms with Crippen molar-refractivity contribution < 1.29 is 17.9 Å². The molecule has 146 valence electrons. The number of carbonyl (C=O) groups is 1. The summed E-state index contributed by atoms with van der Waals surface area (Å²) in [5, 5.41) is 2.77. The summed E-state index contributed by atoms with van der Waals surface area (Å²) in [4.78, 5) is 12.0. The zero-order chi connectivity index (χ0) is 19.9. The Morgan fingerprint density at radius 3 is 2.22 bits per heavy atom. The van der Waals surface area contributed by atoms with Gasteiger partial charge in [0, 0.05) is 12.6 Å². The van der Waals surface area contributed by atoms with Gasteiger partial charge in [-0.05, 0) is 57.0 Å². The van der Waals surface area contributed by atoms with Crippen LogP contribution in [0.2, 0.25) is 0 Å². The molecule has 0 aliphatic heterocycles. The Kier molecular flexibility index (Phi) is 7.38. The molecule has 0 unspecified atom stereocenters. The molecule has 0 saturated heterocycles. The molecule has 0 bridgehead atoms. The molecule has 2 aromatic carbocycles. The summed E-state index contributed by atoms with van der Waals surface area (Å²) in [6.07, 6.45) is -0.0529. The Labute approximate surface area is 161 Å². The number of rotatable bonds is 9. The third kappa shape index (κ3) is 6.69. The Morgan fingerprint density at radius 2 is 1.63 bits per heavy atom. The van der Waals surface area contributed by atoms with Crippen molar-refractivity contribution in [3.8, 4) is 5.75 Å². The SMILES string of the molecule is CC(C)NC(=O)[C@H](C)Oc1ccc(S(=O)(=O)NCCc2ccccc2)cc1. The minimum atomic E-state index is -3.59. The summed E-state index contributed by atoms with van der Waals surface area (Å²) in [7, 11) is -3.59. The van der Waals surface area contributed by atoms with Crippen LogP contribution >= 0.6 is 0 Å². The van der Waals surface area contributed by atoms with Crippen LogP contribution in [0, 0.1) is 0 Å². The predicted octanol–water partition coefficient (Wildman–Crippen LogP) is 2.50. The highest BCUT2D eigenvalue weighted by atomic mass is 32.2. The highest BCUT2D eigenvalue weighted by Gasteiger charge is 2.17. The first-order chi connectivity index (χ1) is 12.8. The van der Waals surface area contributed by atoms with Gasteiger partial charge in [-0.3, -0.25) is 4.79 Å². The molecule has 7 heteroatoms. The molecule has 0 heterocycles. The highest BCUT2D eigenvalue weighted by Crippen LogP contribution is 2.17. The maximum atomic E-state index is 12.4. The molecule has 0 spiro atoms. The highest BCUT2D eigenvalue weighted by molar-refractivity contribution is 7.89. The standard InChI is InChI=1S/C20H26N2O4S/c1-15(2)22-20(23)16(3)26-18-9-11-19(12-10-18)27(24,25)21-14-13-17-7-5-4-6-8-17/h4-12,15-16,21H,13-14H2,1-3H3,(H,22,23)/t16-/m0/s1. The Bertz CT molecular complexity index is 834. The monoisotopic (exact) mass is 390 g/mol. The summed E-state index contributed by atoms with van der Waals surface area (Å²) in [5.74, 6) is 0.217. The minimum absolute atomic E-state index is 0.0260. The van der Waals surface area contributed by atoms with Gasteiger partial charge in [0.05, 0.1) is 4.90 Å². The summed E-state index contributed by atoms with van der Waals surface area (Å²) in [6, 6.07) is 15.7. The van der Waals surface area contributed by atoms with Crippen LogP contribution < -0.4 is 14.8 Å². The average molecular weight is 391 g/mol. The van der Waals surface area contributed by atoms with E-state index in [1.54, 1.807) is 19.1 Å². The zero-order valence-corrected chi connectivity index (χ0v) is 16.6. The van der Waals surface area contributed by atoms with Gasteiger partial charge in [0.1, 0.15) is 5.75 Å². The zero-order valence-electron chi connectivity index (χ0n) is 15.8. The van der Waals surface area contributed by atoms with Crippen LogP contribution in [0.15, 0.2) is 59.5 Å². The number of hydrogen-bond donors (Lipinski definition) is 2. The lowest BCUT2D eigenvalue weighted by Gasteiger charge is -2.16. The van der Waals surface area contributed by atoms with Crippen molar-refractivity contribution in [2.24, 2.45) is 0 Å². The van der Waals surface area contributed by atoms with E-state index in [0.717, 1.165) is 5.56 Å². The van der Waals surface area contributed by atoms with Gasteiger partial charge in [-0.15, -0.1) is 0 Å². The second-order valence-electron chi connectivity index (χ2n) is 6.53. The van der Waals surface area contributed by atoms with Crippen LogP contribution in [0.5, 0.6) is 5.75 Å². The molecular formula is C20H26N2O4S. The van der Waals surface area contributed by atoms with Gasteiger partial charge in [0.2, 0.25) is 10.0 Å². The number of ether oxygens (including phenoxy) is 1. The Morgan fingerprint density at radius 1 is 1.00 bits per heavy atom. The van der Waals surface area contributed by atoms with Gasteiger partial charge in [-0.1, -0.05) is 30.3 Å². The normalized spacial score (nSPS) is 12.6. The van der Waals surface area contributed by atoms with Crippen molar-refractivity contribution >= 4 is 15.9 Å². The third-order valence-corrected chi connectivity index (χ3v) is 5.27. The average Bonchev–Trinajstić information content (AvgIpc) is 2.62. The molecule has 0 aliphatic carbocycles. The maximum absolute atomic E-state index is 12.4. The molecule has 6 nitrogen and oxygen atoms in total. The number of nitrogens with one attached hydrogen (secondary N) is 2. The van der Waals surface area contributed by atoms with E-state index >= 15 is 0 Å². The third-order valence-electron chi connectivity index (χ3n) is 3.80. The quantitative estimate of drug-likeness (QED) is 0.689. The van der Waals surface area contributed by atoms with E-state index in [2.05, 4.69) is 10.0 Å². The summed E-state index contributed by atoms with van der Waals surface area (Å²) in [6.45, 7) is 5.70. The van der Waals surface area contributed by atoms with Crippen molar-refractivity contribution in [1.82, 2.24) is 10.0 Å². The number of carbonyl (C=O) groups excluding carboxylic acids is 1. The molecule has 0 saturated carbocycles. The molecule has 0 radical (unpaired) electrons. The van der Waals surface area contributed by atoms with Crippen molar-refractivity contribution in [2.75, 3.05) is 6.54 Å². The van der Waals surface area contributed by atoms with Crippen LogP contribution in [0.1, 0.15) is 26.3 Å². The molecule has 2 aromatic rings. The lowest BCUT2D eigenvalue weighted by atomic mass is 10.2. The summed E-state index contributed by atoms with van der Waals surface area (Å²) in [5.41, 5.74) is 1.07. The van der Waals surface area contributed by atoms with Gasteiger partial charge < -0.3 is 10.1 Å². The summed E-state index contributed by atoms with van der Waals surface area (Å²) < 4.78 is 32.9. The first kappa shape index (κ1) is 20.9. The van der Waals surface area contributed by atoms with Crippen LogP contribution in [0.3, 0.4) is 0 Å². The van der Waals surface area contributed by atoms with Gasteiger partial charge in [-0.2, -0.15) is 0 Å². The Hall–Kier alpha value is -2.38. The maximum Gasteiger partial charge on any atom is 0.260 e. The largest absolute Gasteiger partial charge is 0.481 e. The molecule has 0 fully saturated rings. The van der Waals surface area contributed by atoms with E-state index in [1.807, 2.05) is 44.2 Å². The fraction of sp³-hybridized carbons (Fsp3) is 0.350. The van der Waals surface area contributed by atoms with Gasteiger partial charge in [-0.25, -0.2) is 13.1 Å². The molecule has 2 rings (SSSR count). The number of benzene rings is 2. The van der Waals surface area contributed by atoms with E-state index < -0.39 is 16.1 Å². The van der Waals surface area contributed by atoms with Crippen LogP contribution in [0.4, 0.5) is 0 Å². The second-order valence-corrected chi connectivity index (χ2v) is 8.30. The van der Waals surface area contributed by atoms with E-state index in [-0.39, 0.29) is 16.8 Å². The van der Waals surface area contributed by atoms with Crippen LogP contribution in [-0.4, -0.2) is 33.0 Å². The van der Waals surface area contributed by atoms with Crippen LogP contribution in [0.25, 0.3) is 0 Å². The molecular weight excluding hydrogens is 364 g/mol. The minimum Gasteiger partial charge on any atom is -0.481 e. The van der Waals surface area contributed by atoms with E-state index in [1.165, 1.54) is 12.1 Å². The fourth-order valence-corrected chi connectivity index (χ4v) is 3.45. The van der Waals surface area contributed by atoms with Crippen molar-refractivity contribution in [3.05, 3.63) is 60.2 Å². The summed E-state index contributed by atoms with van der Waals surface area (Å²) >= 11 is 0. The molecule has 1 amide bonds. The molecule has 0 aromatic heterocycles. The lowest BCUT2D eigenvalue weighted by Crippen LogP contribution is -2.40. The lowest BCUT2D eigenvalue weighted by molar-refractivity contribution is -0.127. The van der Waals surface area contributed by atoms with Gasteiger partial charge in [0.25, 0.3) is 5.91 Å². The second kappa shape index (κ2) is 9.53. The fourth-order valence-electron chi connectivity index (χ4n) is 2.41. The molecule has 0 aliphatic rings. The molecule has 2 N–H and O–H groups in total. The first-order valence-electron chi connectivity index (χ1n) is 8.88. The van der Waals surface area contributed by atoms with Crippen LogP contribution in [-0.2, 0) is 21.2 Å². The number of sulfonamides is 1. The van der Waals surface area contributed by atoms with Gasteiger partial charge in [0.15, 0.2) is 6.10 Å². The van der Waals surface area contributed by atoms with Crippen molar-refractivity contribution in [1.29, 1.82) is 0 Å². The predicted molar refractivity (Wildman–Crippen MR) is 105 cm³/mol. The first-order valence-corrected chi connectivity index (χ1v) is 10.4.